The maximum atomic E-state index is 12.5. The first-order valence-corrected chi connectivity index (χ1v) is 22.5. The molecule has 2 aliphatic rings. The van der Waals surface area contributed by atoms with Crippen molar-refractivity contribution in [3.63, 3.8) is 0 Å². The van der Waals surface area contributed by atoms with E-state index >= 15 is 0 Å². The quantitative estimate of drug-likeness (QED) is 0.0406. The van der Waals surface area contributed by atoms with Crippen LogP contribution < -0.4 is 10.6 Å². The van der Waals surface area contributed by atoms with Crippen LogP contribution in [0.15, 0.2) is 90.3 Å². The fraction of sp³-hybridized carbons (Fsp3) is 0.319. The Kier molecular flexibility index (Phi) is 13.1. The van der Waals surface area contributed by atoms with Gasteiger partial charge in [-0.2, -0.15) is 26.3 Å². The number of hydrogen-bond acceptors (Lipinski definition) is 9. The minimum absolute atomic E-state index is 0.0328. The molecule has 0 saturated heterocycles. The Labute approximate surface area is 388 Å². The predicted molar refractivity (Wildman–Crippen MR) is 245 cm³/mol. The number of aromatic amines is 2. The number of fused-ring (bicyclic) bond motifs is 2. The van der Waals surface area contributed by atoms with E-state index in [4.69, 9.17) is 5.11 Å². The molecule has 6 heterocycles. The molecular formula is C47H43BrF6N12O. The van der Waals surface area contributed by atoms with E-state index in [0.29, 0.717) is 45.1 Å². The van der Waals surface area contributed by atoms with E-state index < -0.39 is 25.2 Å². The van der Waals surface area contributed by atoms with Crippen LogP contribution in [0.1, 0.15) is 80.5 Å². The summed E-state index contributed by atoms with van der Waals surface area (Å²) < 4.78 is 78.9. The third-order valence-corrected chi connectivity index (χ3v) is 11.6. The molecule has 2 saturated carbocycles. The molecule has 13 nitrogen and oxygen atoms in total. The van der Waals surface area contributed by atoms with Crippen LogP contribution in [0, 0.1) is 11.8 Å². The number of anilines is 2. The number of aliphatic hydroxyl groups is 1. The lowest BCUT2D eigenvalue weighted by Gasteiger charge is -2.10. The van der Waals surface area contributed by atoms with Crippen LogP contribution in [0.3, 0.4) is 0 Å². The Morgan fingerprint density at radius 2 is 1.07 bits per heavy atom. The zero-order valence-corrected chi connectivity index (χ0v) is 37.3. The van der Waals surface area contributed by atoms with E-state index in [-0.39, 0.29) is 32.5 Å². The first kappa shape index (κ1) is 45.4. The highest BCUT2D eigenvalue weighted by atomic mass is 79.9. The average Bonchev–Trinajstić information content (AvgIpc) is 4.10. The highest BCUT2D eigenvalue weighted by Crippen LogP contribution is 2.40. The number of benzene rings is 2. The third kappa shape index (κ3) is 11.3. The van der Waals surface area contributed by atoms with E-state index in [1.54, 1.807) is 29.2 Å². The van der Waals surface area contributed by atoms with Crippen molar-refractivity contribution in [2.75, 3.05) is 30.3 Å². The number of alkyl halides is 6. The fourth-order valence-corrected chi connectivity index (χ4v) is 7.91. The van der Waals surface area contributed by atoms with Gasteiger partial charge in [-0.3, -0.25) is 8.80 Å². The van der Waals surface area contributed by atoms with Gasteiger partial charge in [-0.15, -0.1) is 0 Å². The Morgan fingerprint density at radius 3 is 1.52 bits per heavy atom. The third-order valence-electron chi connectivity index (χ3n) is 11.2. The molecule has 2 aliphatic carbocycles. The normalized spacial score (nSPS) is 13.9. The van der Waals surface area contributed by atoms with Gasteiger partial charge in [0.15, 0.2) is 22.9 Å². The van der Waals surface area contributed by atoms with Crippen molar-refractivity contribution in [1.29, 1.82) is 0 Å². The number of rotatable bonds is 14. The fourth-order valence-electron chi connectivity index (χ4n) is 7.53. The molecule has 67 heavy (non-hydrogen) atoms. The monoisotopic (exact) mass is 984 g/mol. The first-order chi connectivity index (χ1) is 32.3. The number of hydrogen-bond donors (Lipinski definition) is 5. The molecule has 0 bridgehead atoms. The van der Waals surface area contributed by atoms with Crippen LogP contribution in [0.5, 0.6) is 0 Å². The second-order valence-corrected chi connectivity index (χ2v) is 17.2. The molecule has 0 aliphatic heterocycles. The number of halogens is 7. The highest BCUT2D eigenvalue weighted by Gasteiger charge is 2.29. The lowest BCUT2D eigenvalue weighted by atomic mass is 10.1. The molecule has 2 aromatic carbocycles. The summed E-state index contributed by atoms with van der Waals surface area (Å²) in [6.07, 6.45) is 5.19. The number of H-pyrrole nitrogens is 2. The molecule has 0 radical (unpaired) electrons. The number of nitrogens with one attached hydrogen (secondary N) is 4. The summed E-state index contributed by atoms with van der Waals surface area (Å²) >= 11 is 3.39. The van der Waals surface area contributed by atoms with Crippen LogP contribution in [0.25, 0.3) is 56.3 Å². The summed E-state index contributed by atoms with van der Waals surface area (Å²) in [5.74, 6) is 9.31. The Hall–Kier alpha value is -6.72. The van der Waals surface area contributed by atoms with E-state index in [1.165, 1.54) is 25.7 Å². The van der Waals surface area contributed by atoms with E-state index in [2.05, 4.69) is 78.3 Å². The van der Waals surface area contributed by atoms with E-state index in [1.807, 2.05) is 65.3 Å². The van der Waals surface area contributed by atoms with Crippen molar-refractivity contribution in [2.45, 2.75) is 75.6 Å². The van der Waals surface area contributed by atoms with Gasteiger partial charge in [-0.25, -0.2) is 29.9 Å². The van der Waals surface area contributed by atoms with Gasteiger partial charge in [0.2, 0.25) is 0 Å². The second-order valence-electron chi connectivity index (χ2n) is 16.4. The molecule has 0 atom stereocenters. The zero-order valence-electron chi connectivity index (χ0n) is 35.7. The van der Waals surface area contributed by atoms with Crippen LogP contribution >= 0.6 is 15.9 Å². The Morgan fingerprint density at radius 1 is 0.627 bits per heavy atom. The molecule has 6 aromatic heterocycles. The van der Waals surface area contributed by atoms with Crippen molar-refractivity contribution in [3.8, 4) is 56.9 Å². The Balaban J connectivity index is 0.000000169. The summed E-state index contributed by atoms with van der Waals surface area (Å²) in [5, 5.41) is 15.0. The molecule has 10 rings (SSSR count). The summed E-state index contributed by atoms with van der Waals surface area (Å²) in [5.41, 5.74) is 8.94. The van der Waals surface area contributed by atoms with Crippen molar-refractivity contribution in [2.24, 2.45) is 0 Å². The van der Waals surface area contributed by atoms with Crippen LogP contribution in [0.4, 0.5) is 38.0 Å². The average molecular weight is 986 g/mol. The predicted octanol–water partition coefficient (Wildman–Crippen LogP) is 10.9. The van der Waals surface area contributed by atoms with Gasteiger partial charge < -0.3 is 25.7 Å². The molecule has 0 unspecified atom stereocenters. The van der Waals surface area contributed by atoms with Crippen LogP contribution in [-0.4, -0.2) is 85.8 Å². The molecule has 20 heteroatoms. The molecule has 2 fully saturated rings. The number of aromatic nitrogens is 10. The van der Waals surface area contributed by atoms with Gasteiger partial charge in [0.05, 0.1) is 47.6 Å². The molecule has 0 spiro atoms. The zero-order chi connectivity index (χ0) is 46.7. The van der Waals surface area contributed by atoms with Crippen molar-refractivity contribution in [1.82, 2.24) is 48.7 Å². The summed E-state index contributed by atoms with van der Waals surface area (Å²) in [7, 11) is 0. The molecular weight excluding hydrogens is 942 g/mol. The van der Waals surface area contributed by atoms with Gasteiger partial charge in [-0.05, 0) is 71.5 Å². The van der Waals surface area contributed by atoms with Crippen LogP contribution in [-0.2, 0) is 0 Å². The standard InChI is InChI=1S/C25H23F3N6O.C22H20BrF3N6/c26-25(27,28)10-2-11-29-23-24-31-14-21(34(24)15-19(32-23)3-1-12-35)17-6-4-16(5-7-17)20-13-30-22(33-20)18-8-9-18;23-18-12-32-17(11-29-21(32)20(31-18)27-9-1-8-22(24,25)26)14-4-2-13(3-5-14)16-10-28-19(30-16)15-6-7-15/h4-7,13-15,18,35H,2,8-12H2,(H,29,32)(H,30,33);2-5,10-12,15H,1,6-9H2,(H,27,31)(H,28,30). The minimum Gasteiger partial charge on any atom is -0.384 e. The van der Waals surface area contributed by atoms with Gasteiger partial charge >= 0.3 is 12.4 Å². The van der Waals surface area contributed by atoms with Crippen molar-refractivity contribution < 1.29 is 31.4 Å². The summed E-state index contributed by atoms with van der Waals surface area (Å²) in [4.78, 5) is 33.4. The maximum absolute atomic E-state index is 12.5. The molecule has 5 N–H and O–H groups in total. The van der Waals surface area contributed by atoms with Crippen LogP contribution in [0.2, 0.25) is 0 Å². The summed E-state index contributed by atoms with van der Waals surface area (Å²) in [6, 6.07) is 16.1. The minimum atomic E-state index is -4.21. The van der Waals surface area contributed by atoms with Crippen molar-refractivity contribution >= 4 is 38.9 Å². The second kappa shape index (κ2) is 19.2. The first-order valence-electron chi connectivity index (χ1n) is 21.7. The van der Waals surface area contributed by atoms with Gasteiger partial charge in [0.1, 0.15) is 28.6 Å². The van der Waals surface area contributed by atoms with Gasteiger partial charge in [0.25, 0.3) is 0 Å². The molecule has 0 amide bonds. The number of nitrogens with zero attached hydrogens (tertiary/aromatic N) is 8. The Bertz CT molecular complexity index is 3040. The van der Waals surface area contributed by atoms with E-state index in [0.717, 1.165) is 56.7 Å². The van der Waals surface area contributed by atoms with Gasteiger partial charge in [-0.1, -0.05) is 54.5 Å². The smallest absolute Gasteiger partial charge is 0.384 e. The summed E-state index contributed by atoms with van der Waals surface area (Å²) in [6.45, 7) is -0.0894. The number of aliphatic hydroxyl groups excluding tert-OH is 1. The SMILES string of the molecule is FC(F)(F)CCCNc1nc(Br)cn2c(-c3ccc(-c4cnc(C5CC5)[nH]4)cc3)cnc12.OCC#Cc1cn2c(-c3ccc(-c4cnc(C5CC5)[nH]4)cc3)cnc2c(NCCCC(F)(F)F)n1. The molecule has 346 valence electrons. The maximum Gasteiger partial charge on any atom is 0.389 e. The number of imidazole rings is 4. The lowest BCUT2D eigenvalue weighted by molar-refractivity contribution is -0.135. The largest absolute Gasteiger partial charge is 0.389 e. The van der Waals surface area contributed by atoms with E-state index in [9.17, 15) is 26.3 Å². The lowest BCUT2D eigenvalue weighted by Crippen LogP contribution is -2.12. The van der Waals surface area contributed by atoms with Crippen molar-refractivity contribution in [3.05, 3.63) is 108 Å². The van der Waals surface area contributed by atoms with Gasteiger partial charge in [0, 0.05) is 61.3 Å². The highest BCUT2D eigenvalue weighted by molar-refractivity contribution is 9.10. The topological polar surface area (TPSA) is 162 Å². The molecule has 8 aromatic rings.